The highest BCUT2D eigenvalue weighted by atomic mass is 16.5. The first kappa shape index (κ1) is 16.8. The smallest absolute Gasteiger partial charge is 0.277 e. The largest absolute Gasteiger partial charge is 0.454 e. The summed E-state index contributed by atoms with van der Waals surface area (Å²) in [5, 5.41) is 6.42. The normalized spacial score (nSPS) is 12.7. The molecule has 0 atom stereocenters. The summed E-state index contributed by atoms with van der Waals surface area (Å²) in [7, 11) is 0. The van der Waals surface area contributed by atoms with Crippen molar-refractivity contribution in [1.29, 1.82) is 0 Å². The monoisotopic (exact) mass is 363 g/mol. The van der Waals surface area contributed by atoms with E-state index in [4.69, 9.17) is 9.26 Å². The van der Waals surface area contributed by atoms with Crippen LogP contribution in [-0.4, -0.2) is 23.5 Å². The van der Waals surface area contributed by atoms with Gasteiger partial charge in [0.15, 0.2) is 11.4 Å². The zero-order valence-corrected chi connectivity index (χ0v) is 14.9. The molecule has 27 heavy (non-hydrogen) atoms. The zero-order chi connectivity index (χ0) is 19.0. The maximum Gasteiger partial charge on any atom is 0.277 e. The van der Waals surface area contributed by atoms with Crippen LogP contribution in [0.15, 0.2) is 53.1 Å². The van der Waals surface area contributed by atoms with E-state index in [0.717, 1.165) is 0 Å². The molecule has 3 aromatic rings. The Balaban J connectivity index is 1.69. The summed E-state index contributed by atoms with van der Waals surface area (Å²) >= 11 is 0. The molecule has 4 rings (SSSR count). The number of aromatic nitrogens is 1. The molecular formula is C20H17N3O4. The fourth-order valence-corrected chi connectivity index (χ4v) is 2.99. The third kappa shape index (κ3) is 3.03. The van der Waals surface area contributed by atoms with Gasteiger partial charge in [0.2, 0.25) is 0 Å². The first-order valence-electron chi connectivity index (χ1n) is 8.54. The van der Waals surface area contributed by atoms with Gasteiger partial charge in [-0.15, -0.1) is 0 Å². The number of anilines is 2. The minimum Gasteiger partial charge on any atom is -0.454 e. The van der Waals surface area contributed by atoms with E-state index in [1.165, 1.54) is 0 Å². The number of benzene rings is 2. The lowest BCUT2D eigenvalue weighted by molar-refractivity contribution is 0.0985. The van der Waals surface area contributed by atoms with Crippen LogP contribution in [0.25, 0.3) is 0 Å². The van der Waals surface area contributed by atoms with Crippen molar-refractivity contribution in [3.8, 4) is 11.5 Å². The van der Waals surface area contributed by atoms with E-state index in [1.807, 2.05) is 31.2 Å². The van der Waals surface area contributed by atoms with Crippen LogP contribution >= 0.6 is 0 Å². The van der Waals surface area contributed by atoms with Crippen molar-refractivity contribution in [2.45, 2.75) is 13.8 Å². The lowest BCUT2D eigenvalue weighted by Crippen LogP contribution is -2.29. The molecule has 0 saturated carbocycles. The Kier molecular flexibility index (Phi) is 4.12. The van der Waals surface area contributed by atoms with Crippen LogP contribution in [0.4, 0.5) is 11.4 Å². The van der Waals surface area contributed by atoms with Gasteiger partial charge in [-0.25, -0.2) is 0 Å². The summed E-state index contributed by atoms with van der Waals surface area (Å²) in [5.74, 6) is 0.997. The van der Waals surface area contributed by atoms with Gasteiger partial charge in [0.05, 0.1) is 11.3 Å². The van der Waals surface area contributed by atoms with E-state index in [-0.39, 0.29) is 11.6 Å². The van der Waals surface area contributed by atoms with Gasteiger partial charge < -0.3 is 19.5 Å². The van der Waals surface area contributed by atoms with Gasteiger partial charge in [-0.2, -0.15) is 0 Å². The summed E-state index contributed by atoms with van der Waals surface area (Å²) in [6, 6.07) is 13.9. The van der Waals surface area contributed by atoms with Gasteiger partial charge in [-0.05, 0) is 44.2 Å². The number of carbonyl (C=O) groups is 2. The van der Waals surface area contributed by atoms with Gasteiger partial charge >= 0.3 is 0 Å². The highest BCUT2D eigenvalue weighted by Crippen LogP contribution is 2.39. The first-order chi connectivity index (χ1) is 13.1. The van der Waals surface area contributed by atoms with Crippen LogP contribution in [0.1, 0.15) is 33.5 Å². The molecule has 136 valence electrons. The number of fused-ring (bicyclic) bond motifs is 2. The maximum absolute atomic E-state index is 13.0. The van der Waals surface area contributed by atoms with Crippen molar-refractivity contribution in [1.82, 2.24) is 5.16 Å². The van der Waals surface area contributed by atoms with Crippen LogP contribution in [-0.2, 0) is 0 Å². The minimum absolute atomic E-state index is 0.174. The average molecular weight is 363 g/mol. The number of hydrogen-bond donors (Lipinski definition) is 1. The quantitative estimate of drug-likeness (QED) is 0.760. The number of amides is 2. The zero-order valence-electron chi connectivity index (χ0n) is 14.9. The Hall–Kier alpha value is -3.61. The molecule has 7 heteroatoms. The average Bonchev–Trinajstić information content (AvgIpc) is 3.06. The summed E-state index contributed by atoms with van der Waals surface area (Å²) in [4.78, 5) is 27.0. The molecule has 0 fully saturated rings. The molecule has 2 heterocycles. The summed E-state index contributed by atoms with van der Waals surface area (Å²) < 4.78 is 10.9. The number of hydrogen-bond acceptors (Lipinski definition) is 5. The number of rotatable bonds is 3. The Morgan fingerprint density at radius 3 is 2.70 bits per heavy atom. The fourth-order valence-electron chi connectivity index (χ4n) is 2.99. The van der Waals surface area contributed by atoms with E-state index in [2.05, 4.69) is 10.5 Å². The highest BCUT2D eigenvalue weighted by Gasteiger charge is 2.27. The van der Waals surface area contributed by atoms with Crippen LogP contribution < -0.4 is 15.0 Å². The van der Waals surface area contributed by atoms with Crippen molar-refractivity contribution in [2.75, 3.05) is 16.8 Å². The van der Waals surface area contributed by atoms with Crippen molar-refractivity contribution in [2.24, 2.45) is 0 Å². The van der Waals surface area contributed by atoms with Crippen molar-refractivity contribution >= 4 is 23.2 Å². The van der Waals surface area contributed by atoms with Crippen molar-refractivity contribution in [3.05, 3.63) is 65.5 Å². The molecule has 1 aliphatic rings. The number of aryl methyl sites for hydroxylation is 1. The number of nitrogens with one attached hydrogen (secondary N) is 1. The minimum atomic E-state index is -0.413. The fraction of sp³-hybridized carbons (Fsp3) is 0.150. The van der Waals surface area contributed by atoms with E-state index >= 15 is 0 Å². The van der Waals surface area contributed by atoms with Crippen LogP contribution in [0.3, 0.4) is 0 Å². The number of nitrogens with zero attached hydrogens (tertiary/aromatic N) is 2. The summed E-state index contributed by atoms with van der Waals surface area (Å²) in [6.07, 6.45) is 0. The molecular weight excluding hydrogens is 346 g/mol. The second kappa shape index (κ2) is 6.60. The third-order valence-corrected chi connectivity index (χ3v) is 4.27. The van der Waals surface area contributed by atoms with Gasteiger partial charge in [-0.3, -0.25) is 9.59 Å². The first-order valence-corrected chi connectivity index (χ1v) is 8.54. The number of ether oxygens (including phenoxy) is 1. The molecule has 0 bridgehead atoms. The predicted molar refractivity (Wildman–Crippen MR) is 99.5 cm³/mol. The standard InChI is InChI=1S/C20H17N3O4/c1-3-23-16-6-4-5-7-18(16)26-17-9-8-13(11-14(17)20(23)25)21-19(24)15-10-12(2)27-22-15/h4-11H,3H2,1-2H3,(H,21,24). The molecule has 1 aromatic heterocycles. The van der Waals surface area contributed by atoms with Gasteiger partial charge in [0.25, 0.3) is 11.8 Å². The highest BCUT2D eigenvalue weighted by molar-refractivity contribution is 6.11. The predicted octanol–water partition coefficient (Wildman–Crippen LogP) is 4.01. The van der Waals surface area contributed by atoms with E-state index in [9.17, 15) is 9.59 Å². The molecule has 2 amide bonds. The van der Waals surface area contributed by atoms with Gasteiger partial charge in [0, 0.05) is 18.3 Å². The lowest BCUT2D eigenvalue weighted by atomic mass is 10.1. The molecule has 0 spiro atoms. The SMILES string of the molecule is CCN1C(=O)c2cc(NC(=O)c3cc(C)on3)ccc2Oc2ccccc21. The summed E-state index contributed by atoms with van der Waals surface area (Å²) in [5.41, 5.74) is 1.73. The van der Waals surface area contributed by atoms with E-state index < -0.39 is 5.91 Å². The van der Waals surface area contributed by atoms with Crippen LogP contribution in [0, 0.1) is 6.92 Å². The molecule has 2 aromatic carbocycles. The van der Waals surface area contributed by atoms with Crippen molar-refractivity contribution < 1.29 is 18.8 Å². The topological polar surface area (TPSA) is 84.7 Å². The van der Waals surface area contributed by atoms with Gasteiger partial charge in [0.1, 0.15) is 11.5 Å². The van der Waals surface area contributed by atoms with Crippen molar-refractivity contribution in [3.63, 3.8) is 0 Å². The Morgan fingerprint density at radius 1 is 1.15 bits per heavy atom. The molecule has 7 nitrogen and oxygen atoms in total. The Morgan fingerprint density at radius 2 is 1.96 bits per heavy atom. The molecule has 1 N–H and O–H groups in total. The van der Waals surface area contributed by atoms with Gasteiger partial charge in [-0.1, -0.05) is 17.3 Å². The second-order valence-electron chi connectivity index (χ2n) is 6.11. The van der Waals surface area contributed by atoms with Crippen LogP contribution in [0.5, 0.6) is 11.5 Å². The maximum atomic E-state index is 13.0. The molecule has 0 unspecified atom stereocenters. The second-order valence-corrected chi connectivity index (χ2v) is 6.11. The third-order valence-electron chi connectivity index (χ3n) is 4.27. The van der Waals surface area contributed by atoms with E-state index in [0.29, 0.717) is 40.7 Å². The summed E-state index contributed by atoms with van der Waals surface area (Å²) in [6.45, 7) is 4.10. The molecule has 1 aliphatic heterocycles. The van der Waals surface area contributed by atoms with E-state index in [1.54, 1.807) is 36.1 Å². The molecule has 0 radical (unpaired) electrons. The lowest BCUT2D eigenvalue weighted by Gasteiger charge is -2.19. The molecule has 0 aliphatic carbocycles. The number of para-hydroxylation sites is 2. The Labute approximate surface area is 155 Å². The Bertz CT molecular complexity index is 1040. The number of carbonyl (C=O) groups excluding carboxylic acids is 2. The molecule has 0 saturated heterocycles. The van der Waals surface area contributed by atoms with Crippen LogP contribution in [0.2, 0.25) is 0 Å².